The van der Waals surface area contributed by atoms with Crippen LogP contribution in [0.2, 0.25) is 0 Å². The second-order valence-electron chi connectivity index (χ2n) is 8.77. The van der Waals surface area contributed by atoms with E-state index in [1.807, 2.05) is 70.2 Å². The van der Waals surface area contributed by atoms with Gasteiger partial charge in [0, 0.05) is 12.2 Å². The molecule has 3 aromatic carbocycles. The van der Waals surface area contributed by atoms with Gasteiger partial charge in [0.25, 0.3) is 5.91 Å². The predicted octanol–water partition coefficient (Wildman–Crippen LogP) is 4.56. The SMILES string of the molecule is CCOc1cc(/C=N\NC(=O)C(=O)NCc2ccc(C)cc2)cc(Br)c1OCC(=O)Nc1ccc(C)c(C)c1. The third kappa shape index (κ3) is 8.96. The van der Waals surface area contributed by atoms with Crippen LogP contribution in [0.3, 0.4) is 0 Å². The van der Waals surface area contributed by atoms with Gasteiger partial charge in [0.15, 0.2) is 18.1 Å². The van der Waals surface area contributed by atoms with E-state index in [0.29, 0.717) is 33.8 Å². The van der Waals surface area contributed by atoms with Gasteiger partial charge in [-0.05, 0) is 90.1 Å². The van der Waals surface area contributed by atoms with Crippen LogP contribution in [0.1, 0.15) is 34.7 Å². The van der Waals surface area contributed by atoms with Crippen molar-refractivity contribution in [2.75, 3.05) is 18.5 Å². The van der Waals surface area contributed by atoms with Crippen LogP contribution in [0.25, 0.3) is 0 Å². The molecule has 0 spiro atoms. The lowest BCUT2D eigenvalue weighted by atomic mass is 10.1. The van der Waals surface area contributed by atoms with E-state index in [1.54, 1.807) is 12.1 Å². The van der Waals surface area contributed by atoms with E-state index >= 15 is 0 Å². The molecule has 0 unspecified atom stereocenters. The molecule has 3 amide bonds. The fourth-order valence-corrected chi connectivity index (χ4v) is 3.98. The van der Waals surface area contributed by atoms with Crippen molar-refractivity contribution in [1.82, 2.24) is 10.7 Å². The van der Waals surface area contributed by atoms with Crippen LogP contribution in [-0.4, -0.2) is 37.1 Å². The highest BCUT2D eigenvalue weighted by molar-refractivity contribution is 9.10. The maximum Gasteiger partial charge on any atom is 0.329 e. The number of benzene rings is 3. The number of hydrogen-bond donors (Lipinski definition) is 3. The van der Waals surface area contributed by atoms with Crippen LogP contribution in [0.5, 0.6) is 11.5 Å². The minimum atomic E-state index is -0.891. The van der Waals surface area contributed by atoms with Crippen molar-refractivity contribution >= 4 is 45.6 Å². The first-order valence-corrected chi connectivity index (χ1v) is 13.1. The highest BCUT2D eigenvalue weighted by atomic mass is 79.9. The average molecular weight is 595 g/mol. The lowest BCUT2D eigenvalue weighted by Crippen LogP contribution is -2.37. The standard InChI is InChI=1S/C29H31BrN4O5/c1-5-38-25-14-22(16-32-34-29(37)28(36)31-15-21-9-6-18(2)7-10-21)13-24(30)27(25)39-17-26(35)33-23-11-8-19(3)20(4)12-23/h6-14,16H,5,15,17H2,1-4H3,(H,31,36)(H,33,35)(H,34,37)/b32-16-. The smallest absolute Gasteiger partial charge is 0.329 e. The van der Waals surface area contributed by atoms with Crippen LogP contribution >= 0.6 is 15.9 Å². The Bertz CT molecular complexity index is 1370. The minimum absolute atomic E-state index is 0.227. The molecular weight excluding hydrogens is 564 g/mol. The Morgan fingerprint density at radius 2 is 1.67 bits per heavy atom. The number of hydrazone groups is 1. The van der Waals surface area contributed by atoms with E-state index in [2.05, 4.69) is 37.1 Å². The summed E-state index contributed by atoms with van der Waals surface area (Å²) in [6, 6.07) is 16.6. The van der Waals surface area contributed by atoms with Crippen molar-refractivity contribution in [2.24, 2.45) is 5.10 Å². The first-order chi connectivity index (χ1) is 18.7. The average Bonchev–Trinajstić information content (AvgIpc) is 2.90. The number of ether oxygens (including phenoxy) is 2. The number of nitrogens with zero attached hydrogens (tertiary/aromatic N) is 1. The van der Waals surface area contributed by atoms with E-state index in [-0.39, 0.29) is 19.1 Å². The van der Waals surface area contributed by atoms with Crippen LogP contribution in [0.15, 0.2) is 64.2 Å². The summed E-state index contributed by atoms with van der Waals surface area (Å²) in [4.78, 5) is 36.6. The monoisotopic (exact) mass is 594 g/mol. The lowest BCUT2D eigenvalue weighted by molar-refractivity contribution is -0.139. The fourth-order valence-electron chi connectivity index (χ4n) is 3.40. The number of anilines is 1. The molecule has 0 atom stereocenters. The van der Waals surface area contributed by atoms with Crippen molar-refractivity contribution in [1.29, 1.82) is 0 Å². The molecule has 0 saturated carbocycles. The van der Waals surface area contributed by atoms with Gasteiger partial charge < -0.3 is 20.1 Å². The number of nitrogens with one attached hydrogen (secondary N) is 3. The van der Waals surface area contributed by atoms with Crippen LogP contribution < -0.4 is 25.5 Å². The zero-order valence-corrected chi connectivity index (χ0v) is 23.8. The first kappa shape index (κ1) is 29.4. The number of hydrogen-bond acceptors (Lipinski definition) is 6. The van der Waals surface area contributed by atoms with Gasteiger partial charge in [-0.3, -0.25) is 14.4 Å². The molecule has 3 N–H and O–H groups in total. The summed E-state index contributed by atoms with van der Waals surface area (Å²) in [7, 11) is 0. The summed E-state index contributed by atoms with van der Waals surface area (Å²) >= 11 is 3.44. The molecule has 0 fully saturated rings. The van der Waals surface area contributed by atoms with Crippen molar-refractivity contribution in [3.63, 3.8) is 0 Å². The van der Waals surface area contributed by atoms with Crippen molar-refractivity contribution in [3.8, 4) is 11.5 Å². The van der Waals surface area contributed by atoms with E-state index in [1.165, 1.54) is 6.21 Å². The molecule has 0 saturated heterocycles. The summed E-state index contributed by atoms with van der Waals surface area (Å²) in [6.07, 6.45) is 1.37. The summed E-state index contributed by atoms with van der Waals surface area (Å²) in [5.74, 6) is -1.27. The number of halogens is 1. The topological polar surface area (TPSA) is 118 Å². The highest BCUT2D eigenvalue weighted by Crippen LogP contribution is 2.36. The van der Waals surface area contributed by atoms with Crippen molar-refractivity contribution < 1.29 is 23.9 Å². The molecule has 3 rings (SSSR count). The second kappa shape index (κ2) is 14.1. The van der Waals surface area contributed by atoms with Gasteiger partial charge in [-0.25, -0.2) is 5.43 Å². The Kier molecular flexibility index (Phi) is 10.6. The third-order valence-corrected chi connectivity index (χ3v) is 6.22. The van der Waals surface area contributed by atoms with Gasteiger partial charge in [-0.15, -0.1) is 0 Å². The third-order valence-electron chi connectivity index (χ3n) is 5.63. The number of carbonyl (C=O) groups excluding carboxylic acids is 3. The molecule has 10 heteroatoms. The normalized spacial score (nSPS) is 10.7. The largest absolute Gasteiger partial charge is 0.490 e. The first-order valence-electron chi connectivity index (χ1n) is 12.3. The maximum absolute atomic E-state index is 12.4. The molecule has 3 aromatic rings. The molecule has 0 aliphatic rings. The Hall–Kier alpha value is -4.18. The number of aryl methyl sites for hydroxylation is 3. The fraction of sp³-hybridized carbons (Fsp3) is 0.241. The molecule has 9 nitrogen and oxygen atoms in total. The summed E-state index contributed by atoms with van der Waals surface area (Å²) in [6.45, 7) is 8.12. The van der Waals surface area contributed by atoms with Gasteiger partial charge in [-0.2, -0.15) is 5.10 Å². The van der Waals surface area contributed by atoms with Crippen LogP contribution in [-0.2, 0) is 20.9 Å². The minimum Gasteiger partial charge on any atom is -0.490 e. The molecule has 0 radical (unpaired) electrons. The van der Waals surface area contributed by atoms with E-state index in [4.69, 9.17) is 9.47 Å². The lowest BCUT2D eigenvalue weighted by Gasteiger charge is -2.15. The highest BCUT2D eigenvalue weighted by Gasteiger charge is 2.15. The molecule has 0 heterocycles. The van der Waals surface area contributed by atoms with Gasteiger partial charge in [-0.1, -0.05) is 35.9 Å². The molecule has 0 aliphatic heterocycles. The van der Waals surface area contributed by atoms with Gasteiger partial charge in [0.1, 0.15) is 0 Å². The van der Waals surface area contributed by atoms with Crippen molar-refractivity contribution in [3.05, 3.63) is 86.9 Å². The number of rotatable bonds is 10. The van der Waals surface area contributed by atoms with Crippen LogP contribution in [0.4, 0.5) is 5.69 Å². The second-order valence-corrected chi connectivity index (χ2v) is 9.62. The molecular formula is C29H31BrN4O5. The Morgan fingerprint density at radius 3 is 2.36 bits per heavy atom. The van der Waals surface area contributed by atoms with Gasteiger partial charge in [0.2, 0.25) is 0 Å². The Morgan fingerprint density at radius 1 is 0.923 bits per heavy atom. The van der Waals surface area contributed by atoms with Gasteiger partial charge >= 0.3 is 11.8 Å². The molecule has 0 bridgehead atoms. The summed E-state index contributed by atoms with van der Waals surface area (Å²) < 4.78 is 12.0. The van der Waals surface area contributed by atoms with E-state index in [9.17, 15) is 14.4 Å². The maximum atomic E-state index is 12.4. The van der Waals surface area contributed by atoms with E-state index in [0.717, 1.165) is 22.3 Å². The van der Waals surface area contributed by atoms with Crippen molar-refractivity contribution in [2.45, 2.75) is 34.2 Å². The Labute approximate surface area is 236 Å². The number of amides is 3. The quantitative estimate of drug-likeness (QED) is 0.181. The molecule has 0 aliphatic carbocycles. The summed E-state index contributed by atoms with van der Waals surface area (Å²) in [5, 5.41) is 9.24. The number of carbonyl (C=O) groups is 3. The molecule has 39 heavy (non-hydrogen) atoms. The van der Waals surface area contributed by atoms with Crippen LogP contribution in [0, 0.1) is 20.8 Å². The molecule has 0 aromatic heterocycles. The van der Waals surface area contributed by atoms with Gasteiger partial charge in [0.05, 0.1) is 17.3 Å². The Balaban J connectivity index is 1.57. The van der Waals surface area contributed by atoms with E-state index < -0.39 is 11.8 Å². The zero-order valence-electron chi connectivity index (χ0n) is 22.3. The zero-order chi connectivity index (χ0) is 28.4. The summed E-state index contributed by atoms with van der Waals surface area (Å²) in [5.41, 5.74) is 7.66. The molecule has 204 valence electrons. The predicted molar refractivity (Wildman–Crippen MR) is 154 cm³/mol.